The van der Waals surface area contributed by atoms with E-state index in [1.165, 1.54) is 27.5 Å². The van der Waals surface area contributed by atoms with Gasteiger partial charge in [0.05, 0.1) is 0 Å². The van der Waals surface area contributed by atoms with Gasteiger partial charge in [-0.15, -0.1) is 0 Å². The van der Waals surface area contributed by atoms with Crippen LogP contribution >= 0.6 is 15.9 Å². The van der Waals surface area contributed by atoms with Gasteiger partial charge in [-0.25, -0.2) is 0 Å². The fourth-order valence-corrected chi connectivity index (χ4v) is 2.60. The quantitative estimate of drug-likeness (QED) is 0.555. The maximum Gasteiger partial charge on any atom is -0.0105 e. The van der Waals surface area contributed by atoms with Crippen LogP contribution in [0.1, 0.15) is 5.56 Å². The van der Waals surface area contributed by atoms with E-state index in [1.54, 1.807) is 0 Å². The summed E-state index contributed by atoms with van der Waals surface area (Å²) in [6.45, 7) is 0. The molecule has 0 spiro atoms. The zero-order chi connectivity index (χ0) is 13.1. The minimum Gasteiger partial charge on any atom is -0.0622 e. The molecule has 3 aromatic rings. The molecule has 0 bridgehead atoms. The Labute approximate surface area is 121 Å². The summed E-state index contributed by atoms with van der Waals surface area (Å²) in [5.74, 6) is 0. The standard InChI is InChI=1S/C18H13Br/c19-12-11-16-8-4-7-15-9-10-17(13-18(15)16)14-5-2-1-3-6-14/h1-13H. The maximum absolute atomic E-state index is 3.35. The second kappa shape index (κ2) is 5.41. The zero-order valence-corrected chi connectivity index (χ0v) is 12.0. The van der Waals surface area contributed by atoms with Crippen molar-refractivity contribution >= 4 is 32.8 Å². The highest BCUT2D eigenvalue weighted by Gasteiger charge is 2.01. The van der Waals surface area contributed by atoms with Gasteiger partial charge >= 0.3 is 0 Å². The van der Waals surface area contributed by atoms with Gasteiger partial charge in [-0.1, -0.05) is 76.6 Å². The number of fused-ring (bicyclic) bond motifs is 1. The van der Waals surface area contributed by atoms with Crippen LogP contribution in [0.5, 0.6) is 0 Å². The summed E-state index contributed by atoms with van der Waals surface area (Å²) < 4.78 is 0. The molecular weight excluding hydrogens is 296 g/mol. The van der Waals surface area contributed by atoms with E-state index in [0.717, 1.165) is 0 Å². The molecule has 3 aromatic carbocycles. The predicted molar refractivity (Wildman–Crippen MR) is 87.3 cm³/mol. The van der Waals surface area contributed by atoms with E-state index in [0.29, 0.717) is 0 Å². The molecule has 0 heterocycles. The van der Waals surface area contributed by atoms with Crippen LogP contribution in [0.2, 0.25) is 0 Å². The van der Waals surface area contributed by atoms with Gasteiger partial charge in [-0.05, 0) is 44.6 Å². The minimum absolute atomic E-state index is 1.23. The third-order valence-corrected chi connectivity index (χ3v) is 3.53. The first-order valence-electron chi connectivity index (χ1n) is 6.23. The monoisotopic (exact) mass is 308 g/mol. The van der Waals surface area contributed by atoms with Crippen molar-refractivity contribution in [2.75, 3.05) is 0 Å². The Morgan fingerprint density at radius 3 is 2.37 bits per heavy atom. The summed E-state index contributed by atoms with van der Waals surface area (Å²) in [7, 11) is 0. The highest BCUT2D eigenvalue weighted by Crippen LogP contribution is 2.27. The van der Waals surface area contributed by atoms with E-state index in [-0.39, 0.29) is 0 Å². The van der Waals surface area contributed by atoms with Gasteiger partial charge in [0.15, 0.2) is 0 Å². The topological polar surface area (TPSA) is 0 Å². The third kappa shape index (κ3) is 2.47. The molecule has 0 atom stereocenters. The van der Waals surface area contributed by atoms with Crippen molar-refractivity contribution in [2.24, 2.45) is 0 Å². The van der Waals surface area contributed by atoms with Crippen molar-refractivity contribution in [1.29, 1.82) is 0 Å². The molecule has 0 unspecified atom stereocenters. The van der Waals surface area contributed by atoms with E-state index in [2.05, 4.69) is 82.7 Å². The molecule has 0 nitrogen and oxygen atoms in total. The van der Waals surface area contributed by atoms with Gasteiger partial charge < -0.3 is 0 Å². The van der Waals surface area contributed by atoms with Crippen LogP contribution in [-0.4, -0.2) is 0 Å². The SMILES string of the molecule is BrC=Cc1cccc2ccc(-c3ccccc3)cc12. The number of rotatable bonds is 2. The van der Waals surface area contributed by atoms with Crippen molar-refractivity contribution in [2.45, 2.75) is 0 Å². The summed E-state index contributed by atoms with van der Waals surface area (Å²) in [5, 5.41) is 2.54. The predicted octanol–water partition coefficient (Wildman–Crippen LogP) is 5.87. The molecular formula is C18H13Br. The summed E-state index contributed by atoms with van der Waals surface area (Å²) in [6.07, 6.45) is 2.08. The third-order valence-electron chi connectivity index (χ3n) is 3.27. The van der Waals surface area contributed by atoms with E-state index >= 15 is 0 Å². The Hall–Kier alpha value is -1.86. The Bertz CT molecular complexity index is 727. The second-order valence-corrected chi connectivity index (χ2v) is 4.97. The fraction of sp³-hybridized carbons (Fsp3) is 0. The Morgan fingerprint density at radius 1 is 0.737 bits per heavy atom. The van der Waals surface area contributed by atoms with Gasteiger partial charge in [0, 0.05) is 0 Å². The van der Waals surface area contributed by atoms with Crippen molar-refractivity contribution in [3.63, 3.8) is 0 Å². The molecule has 0 aliphatic heterocycles. The van der Waals surface area contributed by atoms with Crippen molar-refractivity contribution in [3.8, 4) is 11.1 Å². The zero-order valence-electron chi connectivity index (χ0n) is 10.4. The molecule has 0 radical (unpaired) electrons. The van der Waals surface area contributed by atoms with Crippen LogP contribution in [0.4, 0.5) is 0 Å². The number of hydrogen-bond acceptors (Lipinski definition) is 0. The summed E-state index contributed by atoms with van der Waals surface area (Å²) in [4.78, 5) is 1.90. The summed E-state index contributed by atoms with van der Waals surface area (Å²) in [5.41, 5.74) is 3.73. The van der Waals surface area contributed by atoms with Crippen LogP contribution in [0.25, 0.3) is 28.0 Å². The molecule has 0 saturated heterocycles. The number of benzene rings is 3. The highest BCUT2D eigenvalue weighted by molar-refractivity contribution is 9.11. The molecule has 0 saturated carbocycles. The summed E-state index contributed by atoms with van der Waals surface area (Å²) >= 11 is 3.35. The van der Waals surface area contributed by atoms with E-state index in [4.69, 9.17) is 0 Å². The van der Waals surface area contributed by atoms with E-state index < -0.39 is 0 Å². The molecule has 0 N–H and O–H groups in total. The van der Waals surface area contributed by atoms with Gasteiger partial charge in [-0.2, -0.15) is 0 Å². The van der Waals surface area contributed by atoms with E-state index in [9.17, 15) is 0 Å². The normalized spacial score (nSPS) is 11.2. The maximum atomic E-state index is 3.35. The minimum atomic E-state index is 1.23. The largest absolute Gasteiger partial charge is 0.0622 e. The molecule has 92 valence electrons. The molecule has 19 heavy (non-hydrogen) atoms. The lowest BCUT2D eigenvalue weighted by molar-refractivity contribution is 1.64. The average Bonchev–Trinajstić information content (AvgIpc) is 2.48. The molecule has 0 aliphatic carbocycles. The van der Waals surface area contributed by atoms with Crippen molar-refractivity contribution in [1.82, 2.24) is 0 Å². The molecule has 0 aromatic heterocycles. The lowest BCUT2D eigenvalue weighted by atomic mass is 9.98. The Balaban J connectivity index is 2.22. The first-order chi connectivity index (χ1) is 9.38. The van der Waals surface area contributed by atoms with Crippen LogP contribution in [0, 0.1) is 0 Å². The van der Waals surface area contributed by atoms with Crippen molar-refractivity contribution < 1.29 is 0 Å². The van der Waals surface area contributed by atoms with Crippen LogP contribution in [-0.2, 0) is 0 Å². The first-order valence-corrected chi connectivity index (χ1v) is 7.15. The summed E-state index contributed by atoms with van der Waals surface area (Å²) in [6, 6.07) is 23.5. The number of hydrogen-bond donors (Lipinski definition) is 0. The first kappa shape index (κ1) is 12.2. The van der Waals surface area contributed by atoms with Gasteiger partial charge in [-0.3, -0.25) is 0 Å². The molecule has 0 aliphatic rings. The van der Waals surface area contributed by atoms with Crippen LogP contribution in [0.15, 0.2) is 71.7 Å². The van der Waals surface area contributed by atoms with Gasteiger partial charge in [0.1, 0.15) is 0 Å². The van der Waals surface area contributed by atoms with Crippen LogP contribution < -0.4 is 0 Å². The molecule has 0 fully saturated rings. The highest BCUT2D eigenvalue weighted by atomic mass is 79.9. The van der Waals surface area contributed by atoms with Crippen molar-refractivity contribution in [3.05, 3.63) is 77.3 Å². The number of halogens is 1. The lowest BCUT2D eigenvalue weighted by Gasteiger charge is -2.06. The molecule has 3 rings (SSSR count). The Kier molecular flexibility index (Phi) is 3.47. The van der Waals surface area contributed by atoms with Gasteiger partial charge in [0.2, 0.25) is 0 Å². The second-order valence-electron chi connectivity index (χ2n) is 4.44. The van der Waals surface area contributed by atoms with Gasteiger partial charge in [0.25, 0.3) is 0 Å². The van der Waals surface area contributed by atoms with E-state index in [1.807, 2.05) is 11.1 Å². The lowest BCUT2D eigenvalue weighted by Crippen LogP contribution is -1.81. The molecule has 1 heteroatoms. The van der Waals surface area contributed by atoms with Crippen LogP contribution in [0.3, 0.4) is 0 Å². The smallest absolute Gasteiger partial charge is 0.0105 e. The molecule has 0 amide bonds. The Morgan fingerprint density at radius 2 is 1.58 bits per heavy atom. The fourth-order valence-electron chi connectivity index (χ4n) is 2.32. The average molecular weight is 309 g/mol.